The zero-order chi connectivity index (χ0) is 21.9. The Labute approximate surface area is 191 Å². The van der Waals surface area contributed by atoms with Crippen molar-refractivity contribution in [1.82, 2.24) is 24.5 Å². The third-order valence-corrected chi connectivity index (χ3v) is 6.82. The maximum atomic E-state index is 12.3. The topological polar surface area (TPSA) is 75.4 Å². The summed E-state index contributed by atoms with van der Waals surface area (Å²) in [5.41, 5.74) is 3.94. The summed E-state index contributed by atoms with van der Waals surface area (Å²) in [5.74, 6) is 1.46. The highest BCUT2D eigenvalue weighted by molar-refractivity contribution is 7.09. The van der Waals surface area contributed by atoms with Crippen molar-refractivity contribution in [3.63, 3.8) is 0 Å². The Bertz CT molecular complexity index is 1210. The van der Waals surface area contributed by atoms with Crippen LogP contribution in [0.2, 0.25) is 0 Å². The van der Waals surface area contributed by atoms with Crippen molar-refractivity contribution in [2.75, 3.05) is 18.4 Å². The van der Waals surface area contributed by atoms with Crippen LogP contribution in [-0.2, 0) is 17.8 Å². The van der Waals surface area contributed by atoms with E-state index in [1.807, 2.05) is 55.6 Å². The van der Waals surface area contributed by atoms with E-state index in [2.05, 4.69) is 30.2 Å². The normalized spacial score (nSPS) is 15.3. The lowest BCUT2D eigenvalue weighted by Crippen LogP contribution is -2.33. The summed E-state index contributed by atoms with van der Waals surface area (Å²) in [5, 5.41) is 14.6. The van der Waals surface area contributed by atoms with E-state index in [0.717, 1.165) is 60.3 Å². The number of carbonyl (C=O) groups is 1. The summed E-state index contributed by atoms with van der Waals surface area (Å²) in [6.45, 7) is 4.87. The fraction of sp³-hybridized carbons (Fsp3) is 0.333. The van der Waals surface area contributed by atoms with Crippen LogP contribution < -0.4 is 5.32 Å². The van der Waals surface area contributed by atoms with Crippen molar-refractivity contribution in [3.8, 4) is 0 Å². The van der Waals surface area contributed by atoms with E-state index in [0.29, 0.717) is 12.3 Å². The average molecular weight is 447 g/mol. The molecule has 1 aliphatic rings. The number of hydrogen-bond acceptors (Lipinski definition) is 6. The number of pyridine rings is 1. The molecule has 1 saturated heterocycles. The molecule has 32 heavy (non-hydrogen) atoms. The molecule has 8 heteroatoms. The fourth-order valence-corrected chi connectivity index (χ4v) is 4.98. The lowest BCUT2D eigenvalue weighted by Gasteiger charge is -2.30. The summed E-state index contributed by atoms with van der Waals surface area (Å²) in [7, 11) is 0. The molecule has 0 saturated carbocycles. The SMILES string of the molecule is Cc1ccc(NC(=O)Cc2nc(CN3CCC(c4nnc5ccccn45)CC3)cs2)cc1. The second kappa shape index (κ2) is 9.18. The number of carbonyl (C=O) groups excluding carboxylic acids is 1. The van der Waals surface area contributed by atoms with E-state index in [1.165, 1.54) is 5.56 Å². The summed E-state index contributed by atoms with van der Waals surface area (Å²) in [6, 6.07) is 13.8. The predicted molar refractivity (Wildman–Crippen MR) is 126 cm³/mol. The Hall–Kier alpha value is -3.10. The number of anilines is 1. The van der Waals surface area contributed by atoms with Gasteiger partial charge in [0.25, 0.3) is 0 Å². The molecule has 1 N–H and O–H groups in total. The average Bonchev–Trinajstić information content (AvgIpc) is 3.43. The second-order valence-corrected chi connectivity index (χ2v) is 9.30. The first kappa shape index (κ1) is 20.8. The maximum absolute atomic E-state index is 12.3. The first-order valence-corrected chi connectivity index (χ1v) is 11.8. The number of likely N-dealkylation sites (tertiary alicyclic amines) is 1. The van der Waals surface area contributed by atoms with Crippen LogP contribution in [0.4, 0.5) is 5.69 Å². The van der Waals surface area contributed by atoms with Crippen molar-refractivity contribution >= 4 is 28.6 Å². The number of nitrogens with zero attached hydrogens (tertiary/aromatic N) is 5. The molecule has 3 aromatic heterocycles. The number of hydrogen-bond donors (Lipinski definition) is 1. The van der Waals surface area contributed by atoms with Crippen LogP contribution in [0.15, 0.2) is 54.0 Å². The summed E-state index contributed by atoms with van der Waals surface area (Å²) in [6.07, 6.45) is 4.47. The zero-order valence-electron chi connectivity index (χ0n) is 18.1. The number of thiazole rings is 1. The zero-order valence-corrected chi connectivity index (χ0v) is 18.9. The first-order valence-electron chi connectivity index (χ1n) is 11.0. The smallest absolute Gasteiger partial charge is 0.231 e. The van der Waals surface area contributed by atoms with Crippen molar-refractivity contribution in [3.05, 3.63) is 76.1 Å². The number of aryl methyl sites for hydroxylation is 1. The molecule has 164 valence electrons. The molecule has 0 aliphatic carbocycles. The molecule has 4 heterocycles. The van der Waals surface area contributed by atoms with Gasteiger partial charge in [0, 0.05) is 29.7 Å². The molecule has 1 aliphatic heterocycles. The summed E-state index contributed by atoms with van der Waals surface area (Å²) < 4.78 is 2.11. The monoisotopic (exact) mass is 446 g/mol. The number of amides is 1. The third-order valence-electron chi connectivity index (χ3n) is 5.92. The molecule has 0 radical (unpaired) electrons. The number of piperidine rings is 1. The van der Waals surface area contributed by atoms with Gasteiger partial charge in [-0.25, -0.2) is 4.98 Å². The molecule has 0 bridgehead atoms. The van der Waals surface area contributed by atoms with Crippen molar-refractivity contribution in [2.24, 2.45) is 0 Å². The first-order chi connectivity index (χ1) is 15.6. The molecule has 1 fully saturated rings. The van der Waals surface area contributed by atoms with E-state index < -0.39 is 0 Å². The van der Waals surface area contributed by atoms with Crippen LogP contribution >= 0.6 is 11.3 Å². The van der Waals surface area contributed by atoms with Gasteiger partial charge in [0.05, 0.1) is 12.1 Å². The molecule has 1 amide bonds. The van der Waals surface area contributed by atoms with Gasteiger partial charge >= 0.3 is 0 Å². The standard InChI is InChI=1S/C24H26N6OS/c1-17-5-7-19(8-6-17)25-22(31)14-23-26-20(16-32-23)15-29-12-9-18(10-13-29)24-28-27-21-4-2-3-11-30(21)24/h2-8,11,16,18H,9-10,12-15H2,1H3,(H,25,31). The van der Waals surface area contributed by atoms with Gasteiger partial charge in [0.15, 0.2) is 5.65 Å². The van der Waals surface area contributed by atoms with Gasteiger partial charge in [-0.05, 0) is 57.1 Å². The van der Waals surface area contributed by atoms with Gasteiger partial charge in [0.1, 0.15) is 10.8 Å². The maximum Gasteiger partial charge on any atom is 0.231 e. The van der Waals surface area contributed by atoms with Gasteiger partial charge in [-0.15, -0.1) is 21.5 Å². The molecule has 1 aromatic carbocycles. The van der Waals surface area contributed by atoms with Crippen LogP contribution in [0.5, 0.6) is 0 Å². The number of benzene rings is 1. The molecule has 7 nitrogen and oxygen atoms in total. The van der Waals surface area contributed by atoms with Crippen LogP contribution in [0.3, 0.4) is 0 Å². The Kier molecular flexibility index (Phi) is 5.96. The van der Waals surface area contributed by atoms with Crippen LogP contribution in [0.25, 0.3) is 5.65 Å². The quantitative estimate of drug-likeness (QED) is 0.484. The molecule has 0 spiro atoms. The Morgan fingerprint density at radius 1 is 1.12 bits per heavy atom. The van der Waals surface area contributed by atoms with E-state index >= 15 is 0 Å². The van der Waals surface area contributed by atoms with Gasteiger partial charge in [-0.1, -0.05) is 23.8 Å². The highest BCUT2D eigenvalue weighted by Gasteiger charge is 2.25. The van der Waals surface area contributed by atoms with E-state index in [4.69, 9.17) is 4.98 Å². The number of rotatable bonds is 6. The van der Waals surface area contributed by atoms with E-state index in [9.17, 15) is 4.79 Å². The van der Waals surface area contributed by atoms with Crippen LogP contribution in [-0.4, -0.2) is 43.5 Å². The van der Waals surface area contributed by atoms with Crippen LogP contribution in [0.1, 0.15) is 40.8 Å². The molecule has 4 aromatic rings. The minimum Gasteiger partial charge on any atom is -0.326 e. The highest BCUT2D eigenvalue weighted by atomic mass is 32.1. The second-order valence-electron chi connectivity index (χ2n) is 8.36. The Morgan fingerprint density at radius 2 is 1.94 bits per heavy atom. The number of nitrogens with one attached hydrogen (secondary N) is 1. The molecular formula is C24H26N6OS. The predicted octanol–water partition coefficient (Wildman–Crippen LogP) is 4.06. The third kappa shape index (κ3) is 4.71. The van der Waals surface area contributed by atoms with Crippen molar-refractivity contribution in [1.29, 1.82) is 0 Å². The fourth-order valence-electron chi connectivity index (χ4n) is 4.20. The Morgan fingerprint density at radius 3 is 2.75 bits per heavy atom. The summed E-state index contributed by atoms with van der Waals surface area (Å²) >= 11 is 1.56. The van der Waals surface area contributed by atoms with Gasteiger partial charge in [-0.2, -0.15) is 0 Å². The van der Waals surface area contributed by atoms with Gasteiger partial charge < -0.3 is 5.32 Å². The van der Waals surface area contributed by atoms with Gasteiger partial charge in [0.2, 0.25) is 5.91 Å². The van der Waals surface area contributed by atoms with E-state index in [1.54, 1.807) is 11.3 Å². The lowest BCUT2D eigenvalue weighted by atomic mass is 9.96. The highest BCUT2D eigenvalue weighted by Crippen LogP contribution is 2.28. The number of aromatic nitrogens is 4. The van der Waals surface area contributed by atoms with Crippen LogP contribution in [0, 0.1) is 6.92 Å². The molecule has 5 rings (SSSR count). The largest absolute Gasteiger partial charge is 0.326 e. The minimum atomic E-state index is -0.0314. The summed E-state index contributed by atoms with van der Waals surface area (Å²) in [4.78, 5) is 19.5. The van der Waals surface area contributed by atoms with Crippen molar-refractivity contribution < 1.29 is 4.79 Å². The number of fused-ring (bicyclic) bond motifs is 1. The van der Waals surface area contributed by atoms with Gasteiger partial charge in [-0.3, -0.25) is 14.1 Å². The Balaban J connectivity index is 1.13. The molecular weight excluding hydrogens is 420 g/mol. The molecule has 0 unspecified atom stereocenters. The molecule has 0 atom stereocenters. The van der Waals surface area contributed by atoms with E-state index in [-0.39, 0.29) is 5.91 Å². The van der Waals surface area contributed by atoms with Crippen molar-refractivity contribution in [2.45, 2.75) is 38.6 Å². The lowest BCUT2D eigenvalue weighted by molar-refractivity contribution is -0.115. The minimum absolute atomic E-state index is 0.0314.